The van der Waals surface area contributed by atoms with Gasteiger partial charge < -0.3 is 9.47 Å². The molecule has 0 aromatic heterocycles. The van der Waals surface area contributed by atoms with Crippen molar-refractivity contribution in [3.05, 3.63) is 59.4 Å². The zero-order valence-electron chi connectivity index (χ0n) is 11.3. The first-order valence-electron chi connectivity index (χ1n) is 6.39. The maximum atomic E-state index is 12.8. The molecule has 2 aromatic rings. The summed E-state index contributed by atoms with van der Waals surface area (Å²) in [6, 6.07) is 9.63. The van der Waals surface area contributed by atoms with Crippen molar-refractivity contribution < 1.29 is 23.5 Å². The molecule has 0 aliphatic carbocycles. The van der Waals surface area contributed by atoms with Crippen molar-refractivity contribution >= 4 is 11.8 Å². The zero-order chi connectivity index (χ0) is 15.5. The Labute approximate surface area is 124 Å². The summed E-state index contributed by atoms with van der Waals surface area (Å²) >= 11 is 0. The Morgan fingerprint density at radius 2 is 1.45 bits per heavy atom. The Balaban J connectivity index is 1.62. The van der Waals surface area contributed by atoms with Crippen molar-refractivity contribution in [1.82, 2.24) is 10.9 Å². The lowest BCUT2D eigenvalue weighted by Crippen LogP contribution is -2.41. The van der Waals surface area contributed by atoms with Crippen molar-refractivity contribution in [1.29, 1.82) is 0 Å². The summed E-state index contributed by atoms with van der Waals surface area (Å²) in [5.41, 5.74) is 5.06. The first kappa shape index (κ1) is 13.9. The van der Waals surface area contributed by atoms with Gasteiger partial charge in [-0.15, -0.1) is 0 Å². The van der Waals surface area contributed by atoms with E-state index in [9.17, 15) is 14.0 Å². The second-order valence-corrected chi connectivity index (χ2v) is 4.48. The molecule has 22 heavy (non-hydrogen) atoms. The topological polar surface area (TPSA) is 76.7 Å². The fraction of sp³-hybridized carbons (Fsp3) is 0.0667. The predicted molar refractivity (Wildman–Crippen MR) is 73.9 cm³/mol. The van der Waals surface area contributed by atoms with Crippen LogP contribution in [-0.4, -0.2) is 18.6 Å². The minimum absolute atomic E-state index is 0.113. The molecule has 0 saturated carbocycles. The highest BCUT2D eigenvalue weighted by atomic mass is 19.1. The molecular formula is C15H11FN2O4. The van der Waals surface area contributed by atoms with Gasteiger partial charge in [-0.3, -0.25) is 20.4 Å². The van der Waals surface area contributed by atoms with E-state index in [1.165, 1.54) is 18.2 Å². The van der Waals surface area contributed by atoms with Crippen LogP contribution < -0.4 is 20.3 Å². The molecule has 2 N–H and O–H groups in total. The number of fused-ring (bicyclic) bond motifs is 1. The van der Waals surface area contributed by atoms with Gasteiger partial charge in [0, 0.05) is 11.1 Å². The van der Waals surface area contributed by atoms with E-state index in [4.69, 9.17) is 9.47 Å². The van der Waals surface area contributed by atoms with E-state index in [-0.39, 0.29) is 12.4 Å². The van der Waals surface area contributed by atoms with Gasteiger partial charge in [0.15, 0.2) is 11.5 Å². The van der Waals surface area contributed by atoms with E-state index in [1.54, 1.807) is 12.1 Å². The normalized spacial score (nSPS) is 11.9. The highest BCUT2D eigenvalue weighted by molar-refractivity contribution is 5.99. The number of carbonyl (C=O) groups excluding carboxylic acids is 2. The van der Waals surface area contributed by atoms with Crippen LogP contribution in [0, 0.1) is 5.82 Å². The number of carbonyl (C=O) groups is 2. The van der Waals surface area contributed by atoms with Crippen LogP contribution >= 0.6 is 0 Å². The smallest absolute Gasteiger partial charge is 0.269 e. The van der Waals surface area contributed by atoms with Gasteiger partial charge in [-0.05, 0) is 42.5 Å². The summed E-state index contributed by atoms with van der Waals surface area (Å²) in [5.74, 6) is -0.465. The highest BCUT2D eigenvalue weighted by Gasteiger charge is 2.16. The fourth-order valence-corrected chi connectivity index (χ4v) is 1.90. The lowest BCUT2D eigenvalue weighted by Gasteiger charge is -2.08. The van der Waals surface area contributed by atoms with Crippen LogP contribution in [0.5, 0.6) is 11.5 Å². The first-order valence-corrected chi connectivity index (χ1v) is 6.39. The van der Waals surface area contributed by atoms with Gasteiger partial charge in [0.2, 0.25) is 6.79 Å². The molecule has 0 radical (unpaired) electrons. The number of hydrogen-bond donors (Lipinski definition) is 2. The number of amides is 2. The summed E-state index contributed by atoms with van der Waals surface area (Å²) in [5, 5.41) is 0. The Morgan fingerprint density at radius 1 is 0.864 bits per heavy atom. The van der Waals surface area contributed by atoms with Crippen LogP contribution in [0.3, 0.4) is 0 Å². The molecule has 1 aliphatic heterocycles. The number of rotatable bonds is 2. The molecule has 0 spiro atoms. The highest BCUT2D eigenvalue weighted by Crippen LogP contribution is 2.32. The standard InChI is InChI=1S/C15H11FN2O4/c16-11-4-1-9(2-5-11)14(19)17-18-15(20)10-3-6-12-13(7-10)22-8-21-12/h1-7H,8H2,(H,17,19)(H,18,20). The Bertz CT molecular complexity index is 731. The summed E-state index contributed by atoms with van der Waals surface area (Å²) in [4.78, 5) is 23.7. The second kappa shape index (κ2) is 5.72. The van der Waals surface area contributed by atoms with Gasteiger partial charge in [-0.2, -0.15) is 0 Å². The molecule has 7 heteroatoms. The van der Waals surface area contributed by atoms with Gasteiger partial charge in [0.25, 0.3) is 11.8 Å². The number of hydrogen-bond acceptors (Lipinski definition) is 4. The van der Waals surface area contributed by atoms with E-state index < -0.39 is 17.6 Å². The number of nitrogens with one attached hydrogen (secondary N) is 2. The number of ether oxygens (including phenoxy) is 2. The van der Waals surface area contributed by atoms with Crippen LogP contribution in [0.4, 0.5) is 4.39 Å². The van der Waals surface area contributed by atoms with Crippen LogP contribution in [0.25, 0.3) is 0 Å². The van der Waals surface area contributed by atoms with E-state index in [1.807, 2.05) is 0 Å². The number of benzene rings is 2. The molecule has 1 aliphatic rings. The van der Waals surface area contributed by atoms with Gasteiger partial charge in [-0.1, -0.05) is 0 Å². The summed E-state index contributed by atoms with van der Waals surface area (Å²) < 4.78 is 23.1. The molecule has 0 fully saturated rings. The van der Waals surface area contributed by atoms with Crippen LogP contribution in [-0.2, 0) is 0 Å². The quantitative estimate of drug-likeness (QED) is 0.827. The van der Waals surface area contributed by atoms with E-state index in [0.29, 0.717) is 17.1 Å². The average molecular weight is 302 g/mol. The molecule has 112 valence electrons. The summed E-state index contributed by atoms with van der Waals surface area (Å²) in [6.07, 6.45) is 0. The minimum Gasteiger partial charge on any atom is -0.454 e. The summed E-state index contributed by atoms with van der Waals surface area (Å²) in [7, 11) is 0. The molecule has 0 unspecified atom stereocenters. The monoisotopic (exact) mass is 302 g/mol. The lowest BCUT2D eigenvalue weighted by atomic mass is 10.2. The van der Waals surface area contributed by atoms with Crippen molar-refractivity contribution in [3.63, 3.8) is 0 Å². The van der Waals surface area contributed by atoms with Crippen LogP contribution in [0.1, 0.15) is 20.7 Å². The Morgan fingerprint density at radius 3 is 2.18 bits per heavy atom. The molecule has 6 nitrogen and oxygen atoms in total. The molecule has 1 heterocycles. The summed E-state index contributed by atoms with van der Waals surface area (Å²) in [6.45, 7) is 0.113. The van der Waals surface area contributed by atoms with Crippen LogP contribution in [0.15, 0.2) is 42.5 Å². The van der Waals surface area contributed by atoms with E-state index in [2.05, 4.69) is 10.9 Å². The average Bonchev–Trinajstić information content (AvgIpc) is 3.00. The Kier molecular flexibility index (Phi) is 3.61. The van der Waals surface area contributed by atoms with Crippen LogP contribution in [0.2, 0.25) is 0 Å². The van der Waals surface area contributed by atoms with E-state index >= 15 is 0 Å². The van der Waals surface area contributed by atoms with Gasteiger partial charge in [0.1, 0.15) is 5.82 Å². The maximum Gasteiger partial charge on any atom is 0.269 e. The molecule has 2 amide bonds. The molecule has 0 saturated heterocycles. The zero-order valence-corrected chi connectivity index (χ0v) is 11.3. The van der Waals surface area contributed by atoms with Crippen molar-refractivity contribution in [2.75, 3.05) is 6.79 Å². The molecule has 3 rings (SSSR count). The Hall–Kier alpha value is -3.09. The van der Waals surface area contributed by atoms with Crippen molar-refractivity contribution in [3.8, 4) is 11.5 Å². The maximum absolute atomic E-state index is 12.8. The van der Waals surface area contributed by atoms with Gasteiger partial charge >= 0.3 is 0 Å². The first-order chi connectivity index (χ1) is 10.6. The number of hydrazine groups is 1. The molecule has 2 aromatic carbocycles. The third kappa shape index (κ3) is 2.83. The van der Waals surface area contributed by atoms with Gasteiger partial charge in [-0.25, -0.2) is 4.39 Å². The van der Waals surface area contributed by atoms with Crippen molar-refractivity contribution in [2.24, 2.45) is 0 Å². The molecule has 0 bridgehead atoms. The minimum atomic E-state index is -0.547. The van der Waals surface area contributed by atoms with E-state index in [0.717, 1.165) is 12.1 Å². The number of halogens is 1. The second-order valence-electron chi connectivity index (χ2n) is 4.48. The third-order valence-electron chi connectivity index (χ3n) is 3.03. The van der Waals surface area contributed by atoms with Crippen molar-refractivity contribution in [2.45, 2.75) is 0 Å². The third-order valence-corrected chi connectivity index (χ3v) is 3.03. The lowest BCUT2D eigenvalue weighted by molar-refractivity contribution is 0.0846. The largest absolute Gasteiger partial charge is 0.454 e. The SMILES string of the molecule is O=C(NNC(=O)c1ccc2c(c1)OCO2)c1ccc(F)cc1. The predicted octanol–water partition coefficient (Wildman–Crippen LogP) is 1.63. The fourth-order valence-electron chi connectivity index (χ4n) is 1.90. The molecule has 0 atom stereocenters. The molecular weight excluding hydrogens is 291 g/mol. The van der Waals surface area contributed by atoms with Gasteiger partial charge in [0.05, 0.1) is 0 Å².